The Morgan fingerprint density at radius 1 is 0.929 bits per heavy atom. The van der Waals surface area contributed by atoms with Gasteiger partial charge in [0.25, 0.3) is 5.91 Å². The number of benzene rings is 1. The third-order valence-corrected chi connectivity index (χ3v) is 4.37. The Morgan fingerprint density at radius 3 is 2.64 bits per heavy atom. The summed E-state index contributed by atoms with van der Waals surface area (Å²) in [6.45, 7) is 1.18. The van der Waals surface area contributed by atoms with E-state index in [0.717, 1.165) is 29.9 Å². The summed E-state index contributed by atoms with van der Waals surface area (Å²) in [6.07, 6.45) is 4.98. The van der Waals surface area contributed by atoms with E-state index in [9.17, 15) is 9.18 Å². The zero-order chi connectivity index (χ0) is 19.3. The molecule has 0 aliphatic carbocycles. The monoisotopic (exact) mass is 378 g/mol. The highest BCUT2D eigenvalue weighted by molar-refractivity contribution is 5.95. The first kappa shape index (κ1) is 17.8. The largest absolute Gasteiger partial charge is 0.370 e. The van der Waals surface area contributed by atoms with Crippen molar-refractivity contribution in [2.24, 2.45) is 0 Å². The SMILES string of the molecule is O=C1NCCCCNc2cc(ccn2)-c2ccnc(n2)Nc2ccc(F)c1c2. The number of anilines is 3. The molecule has 0 atom stereocenters. The van der Waals surface area contributed by atoms with Gasteiger partial charge in [0.1, 0.15) is 11.6 Å². The molecule has 3 N–H and O–H groups in total. The molecule has 1 aromatic carbocycles. The molecule has 7 nitrogen and oxygen atoms in total. The number of hydrogen-bond donors (Lipinski definition) is 3. The minimum Gasteiger partial charge on any atom is -0.370 e. The van der Waals surface area contributed by atoms with Gasteiger partial charge in [0.2, 0.25) is 5.95 Å². The van der Waals surface area contributed by atoms with Gasteiger partial charge in [-0.2, -0.15) is 0 Å². The zero-order valence-corrected chi connectivity index (χ0v) is 15.1. The van der Waals surface area contributed by atoms with Crippen LogP contribution in [0.25, 0.3) is 11.3 Å². The molecular formula is C20H19FN6O. The van der Waals surface area contributed by atoms with E-state index in [1.54, 1.807) is 18.5 Å². The molecule has 0 spiro atoms. The van der Waals surface area contributed by atoms with Gasteiger partial charge in [-0.05, 0) is 49.2 Å². The zero-order valence-electron chi connectivity index (χ0n) is 15.1. The van der Waals surface area contributed by atoms with Crippen LogP contribution < -0.4 is 16.0 Å². The van der Waals surface area contributed by atoms with E-state index in [1.165, 1.54) is 12.1 Å². The molecule has 1 amide bonds. The Morgan fingerprint density at radius 2 is 1.75 bits per heavy atom. The first-order chi connectivity index (χ1) is 13.7. The maximum atomic E-state index is 14.1. The highest BCUT2D eigenvalue weighted by Gasteiger charge is 2.13. The van der Waals surface area contributed by atoms with E-state index >= 15 is 0 Å². The number of carbonyl (C=O) groups excluding carboxylic acids is 1. The van der Waals surface area contributed by atoms with Crippen molar-refractivity contribution >= 4 is 23.4 Å². The van der Waals surface area contributed by atoms with Crippen molar-refractivity contribution in [3.8, 4) is 11.3 Å². The summed E-state index contributed by atoms with van der Waals surface area (Å²) in [5.41, 5.74) is 2.15. The van der Waals surface area contributed by atoms with Gasteiger partial charge < -0.3 is 16.0 Å². The summed E-state index contributed by atoms with van der Waals surface area (Å²) >= 11 is 0. The van der Waals surface area contributed by atoms with Crippen LogP contribution in [0.15, 0.2) is 48.8 Å². The van der Waals surface area contributed by atoms with Gasteiger partial charge >= 0.3 is 0 Å². The van der Waals surface area contributed by atoms with Crippen LogP contribution in [-0.4, -0.2) is 33.9 Å². The molecular weight excluding hydrogens is 359 g/mol. The van der Waals surface area contributed by atoms with E-state index in [0.29, 0.717) is 24.7 Å². The van der Waals surface area contributed by atoms with Crippen molar-refractivity contribution in [1.82, 2.24) is 20.3 Å². The number of nitrogens with one attached hydrogen (secondary N) is 3. The van der Waals surface area contributed by atoms with Crippen molar-refractivity contribution in [2.45, 2.75) is 12.8 Å². The van der Waals surface area contributed by atoms with Crippen molar-refractivity contribution in [3.63, 3.8) is 0 Å². The molecule has 0 saturated carbocycles. The van der Waals surface area contributed by atoms with Gasteiger partial charge in [-0.3, -0.25) is 4.79 Å². The second kappa shape index (κ2) is 7.99. The number of aromatic nitrogens is 3. The molecule has 2 aromatic heterocycles. The molecule has 142 valence electrons. The lowest BCUT2D eigenvalue weighted by Gasteiger charge is -2.10. The minimum atomic E-state index is -0.570. The smallest absolute Gasteiger partial charge is 0.254 e. The Bertz CT molecular complexity index is 1010. The summed E-state index contributed by atoms with van der Waals surface area (Å²) in [5, 5.41) is 9.06. The third-order valence-electron chi connectivity index (χ3n) is 4.37. The second-order valence-corrected chi connectivity index (χ2v) is 6.40. The first-order valence-electron chi connectivity index (χ1n) is 9.07. The average Bonchev–Trinajstić information content (AvgIpc) is 2.72. The molecule has 6 bridgehead atoms. The lowest BCUT2D eigenvalue weighted by Crippen LogP contribution is -2.25. The van der Waals surface area contributed by atoms with E-state index in [-0.39, 0.29) is 5.56 Å². The number of rotatable bonds is 0. The highest BCUT2D eigenvalue weighted by atomic mass is 19.1. The van der Waals surface area contributed by atoms with Gasteiger partial charge in [0.05, 0.1) is 11.3 Å². The average molecular weight is 378 g/mol. The molecule has 0 radical (unpaired) electrons. The molecule has 28 heavy (non-hydrogen) atoms. The number of hydrogen-bond acceptors (Lipinski definition) is 6. The lowest BCUT2D eigenvalue weighted by atomic mass is 10.1. The molecule has 0 fully saturated rings. The Labute approximate surface area is 161 Å². The highest BCUT2D eigenvalue weighted by Crippen LogP contribution is 2.22. The molecule has 3 aromatic rings. The van der Waals surface area contributed by atoms with Gasteiger partial charge in [-0.15, -0.1) is 0 Å². The summed E-state index contributed by atoms with van der Waals surface area (Å²) < 4.78 is 14.1. The lowest BCUT2D eigenvalue weighted by molar-refractivity contribution is 0.0949. The van der Waals surface area contributed by atoms with Crippen LogP contribution >= 0.6 is 0 Å². The van der Waals surface area contributed by atoms with Crippen LogP contribution in [0.1, 0.15) is 23.2 Å². The van der Waals surface area contributed by atoms with Crippen LogP contribution in [0.5, 0.6) is 0 Å². The summed E-state index contributed by atoms with van der Waals surface area (Å²) in [7, 11) is 0. The normalized spacial score (nSPS) is 14.2. The molecule has 0 saturated heterocycles. The second-order valence-electron chi connectivity index (χ2n) is 6.40. The molecule has 4 rings (SSSR count). The minimum absolute atomic E-state index is 0.0144. The maximum absolute atomic E-state index is 14.1. The fourth-order valence-corrected chi connectivity index (χ4v) is 2.94. The van der Waals surface area contributed by atoms with Gasteiger partial charge in [-0.25, -0.2) is 19.3 Å². The van der Waals surface area contributed by atoms with Crippen LogP contribution in [0.4, 0.5) is 21.8 Å². The van der Waals surface area contributed by atoms with E-state index in [1.807, 2.05) is 18.2 Å². The number of amides is 1. The number of fused-ring (bicyclic) bond motifs is 7. The summed E-state index contributed by atoms with van der Waals surface area (Å²) in [4.78, 5) is 25.4. The summed E-state index contributed by atoms with van der Waals surface area (Å²) in [5.74, 6) is 0.0969. The molecule has 1 aliphatic heterocycles. The van der Waals surface area contributed by atoms with Crippen LogP contribution in [0.3, 0.4) is 0 Å². The molecule has 3 heterocycles. The van der Waals surface area contributed by atoms with Crippen LogP contribution in [-0.2, 0) is 0 Å². The van der Waals surface area contributed by atoms with Crippen molar-refractivity contribution in [1.29, 1.82) is 0 Å². The van der Waals surface area contributed by atoms with Crippen molar-refractivity contribution < 1.29 is 9.18 Å². The van der Waals surface area contributed by atoms with Gasteiger partial charge in [0, 0.05) is 36.7 Å². The number of nitrogens with zero attached hydrogens (tertiary/aromatic N) is 3. The quantitative estimate of drug-likeness (QED) is 0.556. The maximum Gasteiger partial charge on any atom is 0.254 e. The molecule has 8 heteroatoms. The molecule has 0 unspecified atom stereocenters. The Hall–Kier alpha value is -3.55. The predicted molar refractivity (Wildman–Crippen MR) is 105 cm³/mol. The van der Waals surface area contributed by atoms with Gasteiger partial charge in [-0.1, -0.05) is 0 Å². The van der Waals surface area contributed by atoms with E-state index < -0.39 is 11.7 Å². The third kappa shape index (κ3) is 4.06. The number of halogens is 1. The topological polar surface area (TPSA) is 91.8 Å². The first-order valence-corrected chi connectivity index (χ1v) is 9.07. The summed E-state index contributed by atoms with van der Waals surface area (Å²) in [6, 6.07) is 9.89. The van der Waals surface area contributed by atoms with Crippen LogP contribution in [0.2, 0.25) is 0 Å². The number of carbonyl (C=O) groups is 1. The molecule has 1 aliphatic rings. The van der Waals surface area contributed by atoms with Crippen molar-refractivity contribution in [2.75, 3.05) is 23.7 Å². The fourth-order valence-electron chi connectivity index (χ4n) is 2.94. The number of pyridine rings is 1. The van der Waals surface area contributed by atoms with Gasteiger partial charge in [0.15, 0.2) is 0 Å². The fraction of sp³-hybridized carbons (Fsp3) is 0.200. The Kier molecular flexibility index (Phi) is 5.09. The Balaban J connectivity index is 1.71. The standard InChI is InChI=1S/C20H19FN6O/c21-16-4-3-14-12-15(16)19(28)24-8-2-1-7-22-18-11-13(5-9-23-18)17-6-10-25-20(26-14)27-17/h3-6,9-12H,1-2,7-8H2,(H,22,23)(H,24,28)(H,25,26,27). The van der Waals surface area contributed by atoms with E-state index in [2.05, 4.69) is 30.9 Å². The van der Waals surface area contributed by atoms with Crippen molar-refractivity contribution in [3.05, 3.63) is 60.2 Å². The van der Waals surface area contributed by atoms with Crippen LogP contribution in [0, 0.1) is 5.82 Å². The van der Waals surface area contributed by atoms with E-state index in [4.69, 9.17) is 0 Å². The predicted octanol–water partition coefficient (Wildman–Crippen LogP) is 3.36.